The van der Waals surface area contributed by atoms with Gasteiger partial charge >= 0.3 is 0 Å². The monoisotopic (exact) mass is 477 g/mol. The smallest absolute Gasteiger partial charge is 0.191 e. The second kappa shape index (κ2) is 13.2. The van der Waals surface area contributed by atoms with Crippen LogP contribution in [0.3, 0.4) is 0 Å². The van der Waals surface area contributed by atoms with E-state index in [1.165, 1.54) is 5.56 Å². The number of halogens is 1. The van der Waals surface area contributed by atoms with Crippen molar-refractivity contribution in [1.29, 1.82) is 0 Å². The van der Waals surface area contributed by atoms with E-state index in [9.17, 15) is 0 Å². The largest absolute Gasteiger partial charge is 0.496 e. The van der Waals surface area contributed by atoms with Gasteiger partial charge in [0.05, 0.1) is 19.3 Å². The molecule has 0 aliphatic rings. The summed E-state index contributed by atoms with van der Waals surface area (Å²) in [6.07, 6.45) is 1.22. The summed E-state index contributed by atoms with van der Waals surface area (Å²) in [5, 5.41) is 6.82. The quantitative estimate of drug-likeness (QED) is 0.317. The van der Waals surface area contributed by atoms with E-state index in [1.54, 1.807) is 14.2 Å². The van der Waals surface area contributed by atoms with Gasteiger partial charge in [-0.2, -0.15) is 0 Å². The lowest BCUT2D eigenvalue weighted by Gasteiger charge is -2.23. The van der Waals surface area contributed by atoms with Crippen molar-refractivity contribution < 1.29 is 9.47 Å². The summed E-state index contributed by atoms with van der Waals surface area (Å²) in [6, 6.07) is 6.30. The molecule has 0 heterocycles. The van der Waals surface area contributed by atoms with Crippen LogP contribution in [-0.2, 0) is 4.74 Å². The number of hydrogen-bond acceptors (Lipinski definition) is 3. The van der Waals surface area contributed by atoms with E-state index in [1.807, 2.05) is 13.0 Å². The maximum absolute atomic E-state index is 5.80. The van der Waals surface area contributed by atoms with Gasteiger partial charge in [0.25, 0.3) is 0 Å². The molecule has 6 heteroatoms. The second-order valence-corrected chi connectivity index (χ2v) is 6.64. The van der Waals surface area contributed by atoms with Gasteiger partial charge in [-0.3, -0.25) is 4.99 Å². The SMILES string of the molecule is CCOC(CCNC(=NC)NC(C)c1cc(C)ccc1OC)C(C)C.I. The summed E-state index contributed by atoms with van der Waals surface area (Å²) >= 11 is 0. The molecule has 5 nitrogen and oxygen atoms in total. The van der Waals surface area contributed by atoms with Crippen molar-refractivity contribution in [2.75, 3.05) is 27.3 Å². The summed E-state index contributed by atoms with van der Waals surface area (Å²) in [4.78, 5) is 4.33. The highest BCUT2D eigenvalue weighted by molar-refractivity contribution is 14.0. The summed E-state index contributed by atoms with van der Waals surface area (Å²) in [5.41, 5.74) is 2.34. The third-order valence-electron chi connectivity index (χ3n) is 4.27. The van der Waals surface area contributed by atoms with E-state index in [0.29, 0.717) is 5.92 Å². The normalized spacial score (nSPS) is 13.8. The van der Waals surface area contributed by atoms with E-state index >= 15 is 0 Å². The number of aryl methyl sites for hydroxylation is 1. The predicted octanol–water partition coefficient (Wildman–Crippen LogP) is 4.30. The molecule has 1 aromatic rings. The lowest BCUT2D eigenvalue weighted by Crippen LogP contribution is -2.40. The molecule has 0 bridgehead atoms. The van der Waals surface area contributed by atoms with Crippen LogP contribution in [0.1, 0.15) is 51.3 Å². The van der Waals surface area contributed by atoms with Crippen LogP contribution in [0, 0.1) is 12.8 Å². The zero-order chi connectivity index (χ0) is 18.8. The Morgan fingerprint density at radius 1 is 1.23 bits per heavy atom. The first kappa shape index (κ1) is 25.0. The van der Waals surface area contributed by atoms with Crippen molar-refractivity contribution in [3.8, 4) is 5.75 Å². The Labute approximate surface area is 176 Å². The molecule has 0 amide bonds. The van der Waals surface area contributed by atoms with Gasteiger partial charge in [-0.25, -0.2) is 0 Å². The molecule has 150 valence electrons. The first-order chi connectivity index (χ1) is 11.9. The van der Waals surface area contributed by atoms with E-state index in [0.717, 1.165) is 36.8 Å². The molecule has 0 fully saturated rings. The summed E-state index contributed by atoms with van der Waals surface area (Å²) in [7, 11) is 3.49. The number of benzene rings is 1. The van der Waals surface area contributed by atoms with Gasteiger partial charge in [-0.15, -0.1) is 24.0 Å². The highest BCUT2D eigenvalue weighted by Crippen LogP contribution is 2.25. The Morgan fingerprint density at radius 3 is 2.46 bits per heavy atom. The van der Waals surface area contributed by atoms with E-state index in [-0.39, 0.29) is 36.1 Å². The molecule has 0 radical (unpaired) electrons. The zero-order valence-electron chi connectivity index (χ0n) is 17.3. The van der Waals surface area contributed by atoms with E-state index in [2.05, 4.69) is 55.5 Å². The Balaban J connectivity index is 0.00000625. The van der Waals surface area contributed by atoms with Crippen molar-refractivity contribution in [3.63, 3.8) is 0 Å². The Bertz CT molecular complexity index is 550. The number of guanidine groups is 1. The number of hydrogen-bond donors (Lipinski definition) is 2. The van der Waals surface area contributed by atoms with Gasteiger partial charge in [-0.1, -0.05) is 31.5 Å². The van der Waals surface area contributed by atoms with Gasteiger partial charge in [0.1, 0.15) is 5.75 Å². The number of nitrogens with one attached hydrogen (secondary N) is 2. The van der Waals surface area contributed by atoms with Crippen molar-refractivity contribution in [3.05, 3.63) is 29.3 Å². The summed E-state index contributed by atoms with van der Waals surface area (Å²) in [6.45, 7) is 12.2. The fraction of sp³-hybridized carbons (Fsp3) is 0.650. The van der Waals surface area contributed by atoms with Crippen molar-refractivity contribution in [2.45, 2.75) is 53.2 Å². The minimum Gasteiger partial charge on any atom is -0.496 e. The number of ether oxygens (including phenoxy) is 2. The molecule has 2 unspecified atom stereocenters. The van der Waals surface area contributed by atoms with Gasteiger partial charge in [-0.05, 0) is 39.2 Å². The van der Waals surface area contributed by atoms with Crippen LogP contribution in [0.5, 0.6) is 5.75 Å². The maximum Gasteiger partial charge on any atom is 0.191 e. The van der Waals surface area contributed by atoms with Crippen LogP contribution in [0.4, 0.5) is 0 Å². The Kier molecular flexibility index (Phi) is 12.7. The van der Waals surface area contributed by atoms with Crippen LogP contribution >= 0.6 is 24.0 Å². The first-order valence-corrected chi connectivity index (χ1v) is 9.16. The van der Waals surface area contributed by atoms with E-state index in [4.69, 9.17) is 9.47 Å². The Morgan fingerprint density at radius 2 is 1.92 bits per heavy atom. The van der Waals surface area contributed by atoms with Crippen LogP contribution < -0.4 is 15.4 Å². The molecule has 2 atom stereocenters. The highest BCUT2D eigenvalue weighted by Gasteiger charge is 2.15. The van der Waals surface area contributed by atoms with Gasteiger partial charge in [0, 0.05) is 25.8 Å². The van der Waals surface area contributed by atoms with Crippen LogP contribution in [0.15, 0.2) is 23.2 Å². The molecule has 2 N–H and O–H groups in total. The summed E-state index contributed by atoms with van der Waals surface area (Å²) in [5.74, 6) is 2.18. The molecular formula is C20H36IN3O2. The highest BCUT2D eigenvalue weighted by atomic mass is 127. The van der Waals surface area contributed by atoms with Crippen LogP contribution in [-0.4, -0.2) is 39.4 Å². The minimum absolute atomic E-state index is 0. The standard InChI is InChI=1S/C20H35N3O2.HI/c1-8-25-18(14(2)3)11-12-22-20(21-6)23-16(5)17-13-15(4)9-10-19(17)24-7;/h9-10,13-14,16,18H,8,11-12H2,1-7H3,(H2,21,22,23);1H. The molecule has 0 aromatic heterocycles. The maximum atomic E-state index is 5.80. The average Bonchev–Trinajstić information content (AvgIpc) is 2.59. The fourth-order valence-corrected chi connectivity index (χ4v) is 2.83. The Hall–Kier alpha value is -1.02. The fourth-order valence-electron chi connectivity index (χ4n) is 2.83. The minimum atomic E-state index is 0. The lowest BCUT2D eigenvalue weighted by atomic mass is 10.0. The first-order valence-electron chi connectivity index (χ1n) is 9.16. The predicted molar refractivity (Wildman–Crippen MR) is 121 cm³/mol. The van der Waals surface area contributed by atoms with E-state index < -0.39 is 0 Å². The molecule has 1 rings (SSSR count). The van der Waals surface area contributed by atoms with Crippen molar-refractivity contribution >= 4 is 29.9 Å². The van der Waals surface area contributed by atoms with Crippen molar-refractivity contribution in [2.24, 2.45) is 10.9 Å². The third kappa shape index (κ3) is 8.12. The van der Waals surface area contributed by atoms with Crippen LogP contribution in [0.2, 0.25) is 0 Å². The molecule has 1 aromatic carbocycles. The molecule has 0 spiro atoms. The summed E-state index contributed by atoms with van der Waals surface area (Å²) < 4.78 is 11.3. The average molecular weight is 477 g/mol. The zero-order valence-corrected chi connectivity index (χ0v) is 19.6. The molecule has 0 aliphatic carbocycles. The van der Waals surface area contributed by atoms with Gasteiger partial charge in [0.15, 0.2) is 5.96 Å². The number of methoxy groups -OCH3 is 1. The van der Waals surface area contributed by atoms with Gasteiger partial charge in [0.2, 0.25) is 0 Å². The molecule has 0 aliphatic heterocycles. The van der Waals surface area contributed by atoms with Crippen molar-refractivity contribution in [1.82, 2.24) is 10.6 Å². The lowest BCUT2D eigenvalue weighted by molar-refractivity contribution is 0.0258. The molecular weight excluding hydrogens is 441 g/mol. The second-order valence-electron chi connectivity index (χ2n) is 6.64. The van der Waals surface area contributed by atoms with Crippen LogP contribution in [0.25, 0.3) is 0 Å². The molecule has 26 heavy (non-hydrogen) atoms. The topological polar surface area (TPSA) is 54.9 Å². The molecule has 0 saturated carbocycles. The number of aliphatic imine (C=N–C) groups is 1. The van der Waals surface area contributed by atoms with Gasteiger partial charge < -0.3 is 20.1 Å². The molecule has 0 saturated heterocycles. The number of nitrogens with zero attached hydrogens (tertiary/aromatic N) is 1. The number of rotatable bonds is 9. The third-order valence-corrected chi connectivity index (χ3v) is 4.27.